The van der Waals surface area contributed by atoms with Crippen molar-refractivity contribution in [1.29, 1.82) is 0 Å². The van der Waals surface area contributed by atoms with Crippen LogP contribution in [0.5, 0.6) is 11.5 Å². The topological polar surface area (TPSA) is 62.8 Å². The SMILES string of the molecule is COc1cc(CNCCNC[C@H](C)O)cc(Cl)c1OC. The van der Waals surface area contributed by atoms with Gasteiger partial charge in [0.2, 0.25) is 0 Å². The molecule has 0 saturated heterocycles. The molecule has 3 N–H and O–H groups in total. The van der Waals surface area contributed by atoms with Crippen LogP contribution < -0.4 is 20.1 Å². The summed E-state index contributed by atoms with van der Waals surface area (Å²) in [5, 5.41) is 16.1. The van der Waals surface area contributed by atoms with Crippen molar-refractivity contribution in [2.24, 2.45) is 0 Å². The van der Waals surface area contributed by atoms with Crippen LogP contribution in [0.4, 0.5) is 0 Å². The van der Waals surface area contributed by atoms with Crippen LogP contribution in [0, 0.1) is 0 Å². The van der Waals surface area contributed by atoms with Gasteiger partial charge in [-0.25, -0.2) is 0 Å². The third-order valence-electron chi connectivity index (χ3n) is 2.74. The van der Waals surface area contributed by atoms with Crippen LogP contribution in [0.3, 0.4) is 0 Å². The molecule has 0 aliphatic rings. The van der Waals surface area contributed by atoms with Gasteiger partial charge in [0.1, 0.15) is 0 Å². The number of aliphatic hydroxyl groups is 1. The number of rotatable bonds is 9. The Balaban J connectivity index is 2.42. The molecule has 1 aromatic carbocycles. The summed E-state index contributed by atoms with van der Waals surface area (Å²) in [5.41, 5.74) is 1.03. The zero-order chi connectivity index (χ0) is 15.0. The van der Waals surface area contributed by atoms with E-state index in [9.17, 15) is 0 Å². The molecule has 20 heavy (non-hydrogen) atoms. The molecule has 1 rings (SSSR count). The molecule has 114 valence electrons. The smallest absolute Gasteiger partial charge is 0.179 e. The fraction of sp³-hybridized carbons (Fsp3) is 0.571. The van der Waals surface area contributed by atoms with Gasteiger partial charge < -0.3 is 25.2 Å². The van der Waals surface area contributed by atoms with Crippen molar-refractivity contribution in [2.45, 2.75) is 19.6 Å². The fourth-order valence-corrected chi connectivity index (χ4v) is 2.10. The summed E-state index contributed by atoms with van der Waals surface area (Å²) >= 11 is 6.14. The number of methoxy groups -OCH3 is 2. The molecular weight excluding hydrogens is 280 g/mol. The van der Waals surface area contributed by atoms with Gasteiger partial charge in [0.05, 0.1) is 25.3 Å². The summed E-state index contributed by atoms with van der Waals surface area (Å²) in [4.78, 5) is 0. The molecule has 0 fully saturated rings. The Labute approximate surface area is 125 Å². The van der Waals surface area contributed by atoms with E-state index in [-0.39, 0.29) is 6.10 Å². The van der Waals surface area contributed by atoms with Crippen LogP contribution in [0.2, 0.25) is 5.02 Å². The number of hydrogen-bond donors (Lipinski definition) is 3. The van der Waals surface area contributed by atoms with Crippen molar-refractivity contribution in [3.63, 3.8) is 0 Å². The van der Waals surface area contributed by atoms with E-state index < -0.39 is 0 Å². The van der Waals surface area contributed by atoms with E-state index in [4.69, 9.17) is 26.2 Å². The van der Waals surface area contributed by atoms with Gasteiger partial charge in [-0.1, -0.05) is 11.6 Å². The Morgan fingerprint density at radius 1 is 1.20 bits per heavy atom. The first-order valence-electron chi connectivity index (χ1n) is 6.58. The average molecular weight is 303 g/mol. The highest BCUT2D eigenvalue weighted by Gasteiger charge is 2.10. The zero-order valence-corrected chi connectivity index (χ0v) is 13.0. The largest absolute Gasteiger partial charge is 0.493 e. The molecule has 0 saturated carbocycles. The lowest BCUT2D eigenvalue weighted by atomic mass is 10.2. The lowest BCUT2D eigenvalue weighted by molar-refractivity contribution is 0.191. The van der Waals surface area contributed by atoms with E-state index in [1.807, 2.05) is 12.1 Å². The minimum absolute atomic E-state index is 0.320. The fourth-order valence-electron chi connectivity index (χ4n) is 1.79. The van der Waals surface area contributed by atoms with Crippen LogP contribution in [0.25, 0.3) is 0 Å². The first kappa shape index (κ1) is 17.0. The van der Waals surface area contributed by atoms with E-state index in [1.165, 1.54) is 0 Å². The summed E-state index contributed by atoms with van der Waals surface area (Å²) in [7, 11) is 3.15. The summed E-state index contributed by atoms with van der Waals surface area (Å²) in [5.74, 6) is 1.18. The minimum Gasteiger partial charge on any atom is -0.493 e. The lowest BCUT2D eigenvalue weighted by Gasteiger charge is -2.12. The van der Waals surface area contributed by atoms with Crippen molar-refractivity contribution in [3.05, 3.63) is 22.7 Å². The summed E-state index contributed by atoms with van der Waals surface area (Å²) in [6.45, 7) is 4.65. The van der Waals surface area contributed by atoms with Gasteiger partial charge >= 0.3 is 0 Å². The zero-order valence-electron chi connectivity index (χ0n) is 12.2. The number of aliphatic hydroxyl groups excluding tert-OH is 1. The highest BCUT2D eigenvalue weighted by Crippen LogP contribution is 2.35. The van der Waals surface area contributed by atoms with E-state index in [0.717, 1.165) is 18.7 Å². The Bertz CT molecular complexity index is 414. The maximum atomic E-state index is 9.10. The third-order valence-corrected chi connectivity index (χ3v) is 3.02. The molecule has 6 heteroatoms. The Morgan fingerprint density at radius 3 is 2.50 bits per heavy atom. The van der Waals surface area contributed by atoms with Crippen LogP contribution >= 0.6 is 11.6 Å². The first-order valence-corrected chi connectivity index (χ1v) is 6.96. The van der Waals surface area contributed by atoms with Crippen molar-refractivity contribution in [3.8, 4) is 11.5 Å². The second-order valence-electron chi connectivity index (χ2n) is 4.54. The van der Waals surface area contributed by atoms with Crippen molar-refractivity contribution >= 4 is 11.6 Å². The standard InChI is InChI=1S/C14H23ClN2O3/c1-10(18)8-16-4-5-17-9-11-6-12(15)14(20-3)13(7-11)19-2/h6-7,10,16-18H,4-5,8-9H2,1-3H3/t10-/m0/s1. The molecule has 0 bridgehead atoms. The molecule has 0 aliphatic carbocycles. The van der Waals surface area contributed by atoms with E-state index in [0.29, 0.717) is 29.6 Å². The highest BCUT2D eigenvalue weighted by molar-refractivity contribution is 6.32. The molecule has 1 aromatic rings. The Hall–Kier alpha value is -1.01. The monoisotopic (exact) mass is 302 g/mol. The number of halogens is 1. The molecule has 0 radical (unpaired) electrons. The molecule has 0 aromatic heterocycles. The van der Waals surface area contributed by atoms with Gasteiger partial charge in [-0.05, 0) is 24.6 Å². The molecule has 0 spiro atoms. The summed E-state index contributed by atoms with van der Waals surface area (Å²) in [6.07, 6.45) is -0.320. The van der Waals surface area contributed by atoms with Gasteiger partial charge in [0, 0.05) is 26.2 Å². The number of benzene rings is 1. The molecule has 5 nitrogen and oxygen atoms in total. The van der Waals surface area contributed by atoms with Crippen molar-refractivity contribution < 1.29 is 14.6 Å². The summed E-state index contributed by atoms with van der Waals surface area (Å²) in [6, 6.07) is 3.76. The maximum absolute atomic E-state index is 9.10. The number of hydrogen-bond acceptors (Lipinski definition) is 5. The van der Waals surface area contributed by atoms with Crippen molar-refractivity contribution in [2.75, 3.05) is 33.9 Å². The van der Waals surface area contributed by atoms with Gasteiger partial charge in [-0.2, -0.15) is 0 Å². The Kier molecular flexibility index (Phi) is 7.69. The molecule has 0 aliphatic heterocycles. The van der Waals surface area contributed by atoms with Crippen LogP contribution in [-0.2, 0) is 6.54 Å². The Morgan fingerprint density at radius 2 is 1.90 bits per heavy atom. The predicted octanol–water partition coefficient (Wildman–Crippen LogP) is 1.42. The molecule has 0 amide bonds. The number of nitrogens with one attached hydrogen (secondary N) is 2. The van der Waals surface area contributed by atoms with Crippen LogP contribution in [0.15, 0.2) is 12.1 Å². The van der Waals surface area contributed by atoms with Crippen molar-refractivity contribution in [1.82, 2.24) is 10.6 Å². The predicted molar refractivity (Wildman–Crippen MR) is 80.8 cm³/mol. The van der Waals surface area contributed by atoms with E-state index >= 15 is 0 Å². The molecule has 0 unspecified atom stereocenters. The van der Waals surface area contributed by atoms with Gasteiger partial charge in [0.25, 0.3) is 0 Å². The maximum Gasteiger partial charge on any atom is 0.179 e. The van der Waals surface area contributed by atoms with E-state index in [1.54, 1.807) is 21.1 Å². The molecular formula is C14H23ClN2O3. The van der Waals surface area contributed by atoms with Crippen LogP contribution in [-0.4, -0.2) is 45.1 Å². The third kappa shape index (κ3) is 5.54. The lowest BCUT2D eigenvalue weighted by Crippen LogP contribution is -2.31. The summed E-state index contributed by atoms with van der Waals surface area (Å²) < 4.78 is 10.4. The normalized spacial score (nSPS) is 12.2. The molecule has 1 atom stereocenters. The van der Waals surface area contributed by atoms with Gasteiger partial charge in [-0.15, -0.1) is 0 Å². The van der Waals surface area contributed by atoms with Crippen LogP contribution in [0.1, 0.15) is 12.5 Å². The molecule has 0 heterocycles. The highest BCUT2D eigenvalue weighted by atomic mass is 35.5. The average Bonchev–Trinajstić information content (AvgIpc) is 2.41. The second-order valence-corrected chi connectivity index (χ2v) is 4.95. The van der Waals surface area contributed by atoms with E-state index in [2.05, 4.69) is 10.6 Å². The van der Waals surface area contributed by atoms with Gasteiger partial charge in [-0.3, -0.25) is 0 Å². The minimum atomic E-state index is -0.320. The van der Waals surface area contributed by atoms with Gasteiger partial charge in [0.15, 0.2) is 11.5 Å². The number of ether oxygens (including phenoxy) is 2. The quantitative estimate of drug-likeness (QED) is 0.602. The first-order chi connectivity index (χ1) is 9.58. The second kappa shape index (κ2) is 9.02.